The third-order valence-corrected chi connectivity index (χ3v) is 3.92. The third-order valence-electron chi connectivity index (χ3n) is 3.92. The topological polar surface area (TPSA) is 41.6 Å². The van der Waals surface area contributed by atoms with Gasteiger partial charge >= 0.3 is 0 Å². The number of hydrogen-bond donors (Lipinski definition) is 0. The van der Waals surface area contributed by atoms with Crippen LogP contribution in [-0.2, 0) is 19.4 Å². The van der Waals surface area contributed by atoms with Crippen molar-refractivity contribution in [2.24, 2.45) is 0 Å². The second kappa shape index (κ2) is 4.89. The average molecular weight is 251 g/mol. The predicted molar refractivity (Wildman–Crippen MR) is 73.9 cm³/mol. The lowest BCUT2D eigenvalue weighted by atomic mass is 10.0. The number of fused-ring (bicyclic) bond motifs is 1. The Morgan fingerprint density at radius 1 is 1.32 bits per heavy atom. The van der Waals surface area contributed by atoms with Crippen molar-refractivity contribution in [3.05, 3.63) is 52.6 Å². The number of aryl methyl sites for hydroxylation is 2. The van der Waals surface area contributed by atoms with Crippen LogP contribution in [-0.4, -0.2) is 9.55 Å². The quantitative estimate of drug-likeness (QED) is 0.823. The summed E-state index contributed by atoms with van der Waals surface area (Å²) in [7, 11) is 0. The minimum atomic E-state index is 0.730. The third kappa shape index (κ3) is 2.26. The summed E-state index contributed by atoms with van der Waals surface area (Å²) < 4.78 is 2.27. The van der Waals surface area contributed by atoms with Crippen LogP contribution < -0.4 is 0 Å². The van der Waals surface area contributed by atoms with E-state index in [1.165, 1.54) is 35.4 Å². The fraction of sp³-hybridized carbons (Fsp3) is 0.375. The van der Waals surface area contributed by atoms with E-state index in [9.17, 15) is 0 Å². The van der Waals surface area contributed by atoms with Gasteiger partial charge in [0.05, 0.1) is 23.7 Å². The van der Waals surface area contributed by atoms with Gasteiger partial charge in [-0.1, -0.05) is 6.07 Å². The monoisotopic (exact) mass is 251 g/mol. The molecule has 1 aromatic carbocycles. The molecule has 0 radical (unpaired) electrons. The Labute approximate surface area is 113 Å². The Morgan fingerprint density at radius 2 is 2.16 bits per heavy atom. The van der Waals surface area contributed by atoms with Crippen LogP contribution in [0.2, 0.25) is 0 Å². The van der Waals surface area contributed by atoms with E-state index >= 15 is 0 Å². The maximum atomic E-state index is 8.90. The zero-order valence-electron chi connectivity index (χ0n) is 11.2. The lowest BCUT2D eigenvalue weighted by Gasteiger charge is -2.15. The zero-order chi connectivity index (χ0) is 13.2. The molecular formula is C16H17N3. The first-order valence-electron chi connectivity index (χ1n) is 6.80. The summed E-state index contributed by atoms with van der Waals surface area (Å²) in [5.41, 5.74) is 5.85. The first kappa shape index (κ1) is 12.0. The van der Waals surface area contributed by atoms with Crippen molar-refractivity contribution in [1.29, 1.82) is 5.26 Å². The lowest BCUT2D eigenvalue weighted by Crippen LogP contribution is -2.09. The summed E-state index contributed by atoms with van der Waals surface area (Å²) in [4.78, 5) is 4.53. The van der Waals surface area contributed by atoms with Crippen molar-refractivity contribution < 1.29 is 0 Å². The Hall–Kier alpha value is -2.08. The molecule has 0 amide bonds. The Balaban J connectivity index is 1.89. The van der Waals surface area contributed by atoms with E-state index in [2.05, 4.69) is 28.6 Å². The van der Waals surface area contributed by atoms with E-state index in [4.69, 9.17) is 5.26 Å². The van der Waals surface area contributed by atoms with Crippen molar-refractivity contribution in [1.82, 2.24) is 9.55 Å². The Bertz CT molecular complexity index is 646. The van der Waals surface area contributed by atoms with Crippen LogP contribution in [0.15, 0.2) is 24.5 Å². The summed E-state index contributed by atoms with van der Waals surface area (Å²) in [6.07, 6.45) is 6.76. The molecular weight excluding hydrogens is 234 g/mol. The van der Waals surface area contributed by atoms with Crippen LogP contribution in [0.5, 0.6) is 0 Å². The molecule has 1 aliphatic rings. The Kier molecular flexibility index (Phi) is 3.08. The van der Waals surface area contributed by atoms with Crippen LogP contribution in [0.3, 0.4) is 0 Å². The van der Waals surface area contributed by atoms with Gasteiger partial charge in [-0.2, -0.15) is 5.26 Å². The van der Waals surface area contributed by atoms with E-state index < -0.39 is 0 Å². The SMILES string of the molecule is Cc1cc(C#N)ccc1Cn1cnc2c1CCCC2. The van der Waals surface area contributed by atoms with Gasteiger partial charge in [0.2, 0.25) is 0 Å². The van der Waals surface area contributed by atoms with Crippen molar-refractivity contribution in [3.8, 4) is 6.07 Å². The van der Waals surface area contributed by atoms with Gasteiger partial charge in [0.15, 0.2) is 0 Å². The van der Waals surface area contributed by atoms with Crippen LogP contribution in [0.4, 0.5) is 0 Å². The minimum Gasteiger partial charge on any atom is -0.330 e. The summed E-state index contributed by atoms with van der Waals surface area (Å²) in [6.45, 7) is 2.93. The summed E-state index contributed by atoms with van der Waals surface area (Å²) >= 11 is 0. The molecule has 3 rings (SSSR count). The molecule has 0 bridgehead atoms. The first-order chi connectivity index (χ1) is 9.28. The number of benzene rings is 1. The van der Waals surface area contributed by atoms with E-state index in [1.807, 2.05) is 18.5 Å². The maximum Gasteiger partial charge on any atom is 0.0991 e. The van der Waals surface area contributed by atoms with Gasteiger partial charge in [-0.05, 0) is 55.9 Å². The van der Waals surface area contributed by atoms with Gasteiger partial charge < -0.3 is 4.57 Å². The molecule has 0 atom stereocenters. The average Bonchev–Trinajstić information content (AvgIpc) is 2.84. The highest BCUT2D eigenvalue weighted by Gasteiger charge is 2.15. The number of nitrogens with zero attached hydrogens (tertiary/aromatic N) is 3. The fourth-order valence-corrected chi connectivity index (χ4v) is 2.79. The minimum absolute atomic E-state index is 0.730. The van der Waals surface area contributed by atoms with Crippen LogP contribution >= 0.6 is 0 Å². The number of hydrogen-bond acceptors (Lipinski definition) is 2. The summed E-state index contributed by atoms with van der Waals surface area (Å²) in [5, 5.41) is 8.90. The molecule has 0 fully saturated rings. The van der Waals surface area contributed by atoms with Crippen molar-refractivity contribution in [2.75, 3.05) is 0 Å². The van der Waals surface area contributed by atoms with Gasteiger partial charge in [0, 0.05) is 12.2 Å². The lowest BCUT2D eigenvalue weighted by molar-refractivity contribution is 0.628. The van der Waals surface area contributed by atoms with E-state index in [0.29, 0.717) is 0 Å². The van der Waals surface area contributed by atoms with Gasteiger partial charge in [-0.25, -0.2) is 4.98 Å². The molecule has 19 heavy (non-hydrogen) atoms. The molecule has 0 aliphatic heterocycles. The second-order valence-corrected chi connectivity index (χ2v) is 5.23. The van der Waals surface area contributed by atoms with Crippen molar-refractivity contribution >= 4 is 0 Å². The van der Waals surface area contributed by atoms with E-state index in [0.717, 1.165) is 24.9 Å². The highest BCUT2D eigenvalue weighted by molar-refractivity contribution is 5.37. The maximum absolute atomic E-state index is 8.90. The molecule has 0 N–H and O–H groups in total. The second-order valence-electron chi connectivity index (χ2n) is 5.23. The molecule has 1 aromatic heterocycles. The molecule has 0 saturated carbocycles. The highest BCUT2D eigenvalue weighted by Crippen LogP contribution is 2.21. The van der Waals surface area contributed by atoms with Crippen LogP contribution in [0, 0.1) is 18.3 Å². The smallest absolute Gasteiger partial charge is 0.0991 e. The first-order valence-corrected chi connectivity index (χ1v) is 6.80. The van der Waals surface area contributed by atoms with Gasteiger partial charge in [-0.3, -0.25) is 0 Å². The molecule has 96 valence electrons. The zero-order valence-corrected chi connectivity index (χ0v) is 11.2. The number of aromatic nitrogens is 2. The van der Waals surface area contributed by atoms with Crippen LogP contribution in [0.1, 0.15) is 40.9 Å². The number of rotatable bonds is 2. The number of nitriles is 1. The van der Waals surface area contributed by atoms with E-state index in [-0.39, 0.29) is 0 Å². The molecule has 1 aliphatic carbocycles. The molecule has 0 spiro atoms. The van der Waals surface area contributed by atoms with Crippen molar-refractivity contribution in [2.45, 2.75) is 39.2 Å². The van der Waals surface area contributed by atoms with Gasteiger partial charge in [-0.15, -0.1) is 0 Å². The largest absolute Gasteiger partial charge is 0.330 e. The van der Waals surface area contributed by atoms with Gasteiger partial charge in [0.1, 0.15) is 0 Å². The van der Waals surface area contributed by atoms with Crippen LogP contribution in [0.25, 0.3) is 0 Å². The van der Waals surface area contributed by atoms with E-state index in [1.54, 1.807) is 0 Å². The summed E-state index contributed by atoms with van der Waals surface area (Å²) in [5.74, 6) is 0. The molecule has 1 heterocycles. The standard InChI is InChI=1S/C16H17N3/c1-12-8-13(9-17)6-7-14(12)10-19-11-18-15-4-2-3-5-16(15)19/h6-8,11H,2-5,10H2,1H3. The highest BCUT2D eigenvalue weighted by atomic mass is 15.1. The normalized spacial score (nSPS) is 13.9. The molecule has 2 aromatic rings. The Morgan fingerprint density at radius 3 is 2.95 bits per heavy atom. The fourth-order valence-electron chi connectivity index (χ4n) is 2.79. The summed E-state index contributed by atoms with van der Waals surface area (Å²) in [6, 6.07) is 8.09. The van der Waals surface area contributed by atoms with Crippen molar-refractivity contribution in [3.63, 3.8) is 0 Å². The molecule has 0 unspecified atom stereocenters. The van der Waals surface area contributed by atoms with Gasteiger partial charge in [0.25, 0.3) is 0 Å². The number of imidazole rings is 1. The predicted octanol–water partition coefficient (Wildman–Crippen LogP) is 2.99. The molecule has 0 saturated heterocycles. The molecule has 3 nitrogen and oxygen atoms in total. The molecule has 3 heteroatoms.